The zero-order valence-corrected chi connectivity index (χ0v) is 6.37. The van der Waals surface area contributed by atoms with Crippen molar-refractivity contribution < 1.29 is 4.79 Å². The normalized spacial score (nSPS) is 24.7. The maximum absolute atomic E-state index is 10.7. The molecule has 0 radical (unpaired) electrons. The summed E-state index contributed by atoms with van der Waals surface area (Å²) in [6, 6.07) is 0. The molecule has 56 valence electrons. The monoisotopic (exact) mass is 159 g/mol. The van der Waals surface area contributed by atoms with E-state index in [1.807, 2.05) is 6.26 Å². The van der Waals surface area contributed by atoms with Crippen LogP contribution < -0.4 is 16.4 Å². The average Bonchev–Trinajstić information content (AvgIpc) is 1.85. The molecule has 1 aliphatic rings. The maximum Gasteiger partial charge on any atom is 0.249 e. The summed E-state index contributed by atoms with van der Waals surface area (Å²) in [4.78, 5) is 10.7. The Balaban J connectivity index is 2.60. The average molecular weight is 159 g/mol. The highest BCUT2D eigenvalue weighted by Gasteiger charge is 2.14. The van der Waals surface area contributed by atoms with Gasteiger partial charge in [-0.3, -0.25) is 4.79 Å². The summed E-state index contributed by atoms with van der Waals surface area (Å²) in [6.07, 6.45) is 3.21. The van der Waals surface area contributed by atoms with Gasteiger partial charge in [0.2, 0.25) is 5.91 Å². The summed E-state index contributed by atoms with van der Waals surface area (Å²) >= 11 is 1.49. The quantitative estimate of drug-likeness (QED) is 0.466. The van der Waals surface area contributed by atoms with E-state index in [9.17, 15) is 4.79 Å². The van der Waals surface area contributed by atoms with E-state index in [1.54, 1.807) is 0 Å². The van der Waals surface area contributed by atoms with Crippen molar-refractivity contribution in [1.82, 2.24) is 10.6 Å². The molecular formula is C5H9N3OS. The molecule has 1 aliphatic heterocycles. The molecule has 10 heavy (non-hydrogen) atoms. The third kappa shape index (κ3) is 1.57. The van der Waals surface area contributed by atoms with Crippen molar-refractivity contribution in [2.45, 2.75) is 5.50 Å². The highest BCUT2D eigenvalue weighted by atomic mass is 32.2. The van der Waals surface area contributed by atoms with Crippen LogP contribution in [0.3, 0.4) is 0 Å². The van der Waals surface area contributed by atoms with E-state index in [2.05, 4.69) is 10.6 Å². The summed E-state index contributed by atoms with van der Waals surface area (Å²) in [5.74, 6) is 0.277. The van der Waals surface area contributed by atoms with Gasteiger partial charge in [0.15, 0.2) is 0 Å². The molecule has 0 saturated carbocycles. The van der Waals surface area contributed by atoms with E-state index in [4.69, 9.17) is 5.73 Å². The van der Waals surface area contributed by atoms with Crippen LogP contribution in [-0.4, -0.2) is 17.7 Å². The van der Waals surface area contributed by atoms with Crippen LogP contribution in [0.1, 0.15) is 0 Å². The lowest BCUT2D eigenvalue weighted by atomic mass is 10.4. The molecule has 1 unspecified atom stereocenters. The van der Waals surface area contributed by atoms with E-state index in [0.717, 1.165) is 0 Å². The van der Waals surface area contributed by atoms with Gasteiger partial charge in [-0.15, -0.1) is 11.8 Å². The summed E-state index contributed by atoms with van der Waals surface area (Å²) in [5.41, 5.74) is 5.28. The highest BCUT2D eigenvalue weighted by molar-refractivity contribution is 7.99. The van der Waals surface area contributed by atoms with Gasteiger partial charge in [0.25, 0.3) is 0 Å². The fourth-order valence-corrected chi connectivity index (χ4v) is 1.15. The smallest absolute Gasteiger partial charge is 0.249 e. The first kappa shape index (κ1) is 7.27. The number of nitrogens with one attached hydrogen (secondary N) is 2. The summed E-state index contributed by atoms with van der Waals surface area (Å²) in [7, 11) is 0. The molecule has 1 rings (SSSR count). The van der Waals surface area contributed by atoms with Gasteiger partial charge < -0.3 is 16.4 Å². The van der Waals surface area contributed by atoms with Gasteiger partial charge in [-0.05, 0) is 6.26 Å². The minimum atomic E-state index is -0.143. The number of hydrogen-bond acceptors (Lipinski definition) is 4. The molecule has 1 heterocycles. The highest BCUT2D eigenvalue weighted by Crippen LogP contribution is 2.03. The lowest BCUT2D eigenvalue weighted by molar-refractivity contribution is -0.117. The third-order valence-corrected chi connectivity index (χ3v) is 1.80. The molecule has 4 N–H and O–H groups in total. The van der Waals surface area contributed by atoms with Crippen LogP contribution in [0.5, 0.6) is 0 Å². The third-order valence-electron chi connectivity index (χ3n) is 1.09. The van der Waals surface area contributed by atoms with Gasteiger partial charge in [0.1, 0.15) is 11.3 Å². The number of carbonyl (C=O) groups excluding carboxylic acids is 1. The number of carbonyl (C=O) groups is 1. The largest absolute Gasteiger partial charge is 0.385 e. The van der Waals surface area contributed by atoms with Crippen LogP contribution in [0.4, 0.5) is 0 Å². The number of rotatable bonds is 1. The molecule has 0 aromatic rings. The van der Waals surface area contributed by atoms with Crippen LogP contribution >= 0.6 is 11.8 Å². The fourth-order valence-electron chi connectivity index (χ4n) is 0.659. The second-order valence-corrected chi connectivity index (χ2v) is 2.81. The Hall–Kier alpha value is -0.840. The van der Waals surface area contributed by atoms with Crippen LogP contribution in [0.2, 0.25) is 0 Å². The molecule has 1 atom stereocenters. The number of nitrogens with two attached hydrogens (primary N) is 1. The molecule has 0 aliphatic carbocycles. The van der Waals surface area contributed by atoms with Crippen molar-refractivity contribution in [2.24, 2.45) is 5.73 Å². The van der Waals surface area contributed by atoms with E-state index in [0.29, 0.717) is 5.82 Å². The molecule has 0 spiro atoms. The molecule has 5 heteroatoms. The Morgan fingerprint density at radius 2 is 2.40 bits per heavy atom. The minimum absolute atomic E-state index is 0.0856. The second-order valence-electron chi connectivity index (χ2n) is 1.87. The zero-order chi connectivity index (χ0) is 7.56. The molecule has 0 aromatic carbocycles. The fraction of sp³-hybridized carbons (Fsp3) is 0.400. The van der Waals surface area contributed by atoms with Gasteiger partial charge in [0, 0.05) is 6.08 Å². The first-order chi connectivity index (χ1) is 4.72. The maximum atomic E-state index is 10.7. The van der Waals surface area contributed by atoms with Gasteiger partial charge in [-0.25, -0.2) is 0 Å². The van der Waals surface area contributed by atoms with E-state index in [1.165, 1.54) is 17.8 Å². The van der Waals surface area contributed by atoms with Crippen LogP contribution in [-0.2, 0) is 4.79 Å². The van der Waals surface area contributed by atoms with Gasteiger partial charge >= 0.3 is 0 Å². The minimum Gasteiger partial charge on any atom is -0.385 e. The van der Waals surface area contributed by atoms with Crippen molar-refractivity contribution >= 4 is 17.7 Å². The molecule has 1 amide bonds. The topological polar surface area (TPSA) is 67.2 Å². The molecule has 4 nitrogen and oxygen atoms in total. The molecular weight excluding hydrogens is 150 g/mol. The standard InChI is InChI=1S/C5H9N3OS/c1-10-5-7-3(6)2-4(9)8-5/h2,5,7H,6H2,1H3,(H,8,9). The van der Waals surface area contributed by atoms with Crippen LogP contribution in [0, 0.1) is 0 Å². The first-order valence-corrected chi connectivity index (χ1v) is 4.08. The van der Waals surface area contributed by atoms with Crippen molar-refractivity contribution in [2.75, 3.05) is 6.26 Å². The van der Waals surface area contributed by atoms with E-state index in [-0.39, 0.29) is 11.4 Å². The Kier molecular flexibility index (Phi) is 2.06. The Bertz CT molecular complexity index is 180. The Morgan fingerprint density at radius 3 is 2.90 bits per heavy atom. The lowest BCUT2D eigenvalue weighted by Crippen LogP contribution is -2.47. The van der Waals surface area contributed by atoms with Gasteiger partial charge in [0.05, 0.1) is 0 Å². The molecule has 0 saturated heterocycles. The molecule has 0 aromatic heterocycles. The number of thioether (sulfide) groups is 1. The van der Waals surface area contributed by atoms with Crippen molar-refractivity contribution in [3.63, 3.8) is 0 Å². The van der Waals surface area contributed by atoms with Crippen molar-refractivity contribution in [3.05, 3.63) is 11.9 Å². The van der Waals surface area contributed by atoms with E-state index >= 15 is 0 Å². The number of amides is 1. The summed E-state index contributed by atoms with van der Waals surface area (Å²) in [6.45, 7) is 0. The number of hydrogen-bond donors (Lipinski definition) is 3. The molecule has 0 bridgehead atoms. The Morgan fingerprint density at radius 1 is 1.70 bits per heavy atom. The zero-order valence-electron chi connectivity index (χ0n) is 5.55. The lowest BCUT2D eigenvalue weighted by Gasteiger charge is -2.22. The van der Waals surface area contributed by atoms with Crippen molar-refractivity contribution in [1.29, 1.82) is 0 Å². The summed E-state index contributed by atoms with van der Waals surface area (Å²) < 4.78 is 0. The predicted octanol–water partition coefficient (Wildman–Crippen LogP) is -0.847. The predicted molar refractivity (Wildman–Crippen MR) is 40.9 cm³/mol. The SMILES string of the molecule is CSC1NC(=O)C=C(N)N1. The van der Waals surface area contributed by atoms with Gasteiger partial charge in [-0.1, -0.05) is 0 Å². The first-order valence-electron chi connectivity index (χ1n) is 2.79. The molecule has 0 fully saturated rings. The van der Waals surface area contributed by atoms with Crippen LogP contribution in [0.25, 0.3) is 0 Å². The van der Waals surface area contributed by atoms with Crippen LogP contribution in [0.15, 0.2) is 11.9 Å². The second kappa shape index (κ2) is 2.83. The van der Waals surface area contributed by atoms with Crippen molar-refractivity contribution in [3.8, 4) is 0 Å². The van der Waals surface area contributed by atoms with E-state index < -0.39 is 0 Å². The van der Waals surface area contributed by atoms with Gasteiger partial charge in [-0.2, -0.15) is 0 Å². The summed E-state index contributed by atoms with van der Waals surface area (Å²) in [5, 5.41) is 5.52. The Labute approximate surface area is 63.2 Å².